The van der Waals surface area contributed by atoms with E-state index in [0.29, 0.717) is 0 Å². The highest BCUT2D eigenvalue weighted by molar-refractivity contribution is 6.31. The van der Waals surface area contributed by atoms with Crippen molar-refractivity contribution >= 4 is 11.6 Å². The van der Waals surface area contributed by atoms with E-state index in [9.17, 15) is 0 Å². The number of benzene rings is 1. The number of furan rings is 1. The monoisotopic (exact) mass is 291 g/mol. The Balaban J connectivity index is 2.38. The molecule has 2 rings (SSSR count). The predicted octanol–water partition coefficient (Wildman–Crippen LogP) is 4.89. The van der Waals surface area contributed by atoms with Crippen molar-refractivity contribution in [2.75, 3.05) is 6.54 Å². The molecule has 2 aromatic rings. The molecule has 0 aliphatic rings. The number of hydrogen-bond donors (Lipinski definition) is 1. The highest BCUT2D eigenvalue weighted by Gasteiger charge is 2.19. The maximum atomic E-state index is 6.28. The molecule has 3 heteroatoms. The lowest BCUT2D eigenvalue weighted by Crippen LogP contribution is -2.23. The molecular weight excluding hydrogens is 270 g/mol. The smallest absolute Gasteiger partial charge is 0.108 e. The summed E-state index contributed by atoms with van der Waals surface area (Å²) in [5.74, 6) is 1.04. The molecule has 1 atom stereocenters. The van der Waals surface area contributed by atoms with Crippen molar-refractivity contribution in [3.8, 4) is 0 Å². The summed E-state index contributed by atoms with van der Waals surface area (Å²) in [6, 6.07) is 8.46. The molecule has 0 amide bonds. The van der Waals surface area contributed by atoms with Crippen LogP contribution in [0.2, 0.25) is 5.02 Å². The van der Waals surface area contributed by atoms with Crippen LogP contribution in [0.5, 0.6) is 0 Å². The van der Waals surface area contributed by atoms with Crippen molar-refractivity contribution in [1.29, 1.82) is 0 Å². The molecule has 0 saturated heterocycles. The number of nitrogens with one attached hydrogen (secondary N) is 1. The molecule has 0 spiro atoms. The maximum Gasteiger partial charge on any atom is 0.108 e. The van der Waals surface area contributed by atoms with Gasteiger partial charge in [-0.3, -0.25) is 0 Å². The van der Waals surface area contributed by atoms with E-state index in [2.05, 4.69) is 43.4 Å². The standard InChI is InChI=1S/C17H22ClNO/c1-4-9-19-17(14-8-10-20-16(14)5-2)13-7-6-12(3)15(18)11-13/h6-8,10-11,17,19H,4-5,9H2,1-3H3. The summed E-state index contributed by atoms with van der Waals surface area (Å²) in [6.07, 6.45) is 3.76. The number of halogens is 1. The van der Waals surface area contributed by atoms with Crippen LogP contribution in [0, 0.1) is 6.92 Å². The maximum absolute atomic E-state index is 6.28. The fourth-order valence-electron chi connectivity index (χ4n) is 2.38. The lowest BCUT2D eigenvalue weighted by atomic mass is 9.97. The predicted molar refractivity (Wildman–Crippen MR) is 84.4 cm³/mol. The molecule has 1 N–H and O–H groups in total. The molecule has 0 aliphatic heterocycles. The Kier molecular flexibility index (Phi) is 5.27. The number of hydrogen-bond acceptors (Lipinski definition) is 2. The minimum absolute atomic E-state index is 0.141. The van der Waals surface area contributed by atoms with E-state index in [1.165, 1.54) is 11.1 Å². The van der Waals surface area contributed by atoms with Gasteiger partial charge >= 0.3 is 0 Å². The molecule has 0 bridgehead atoms. The summed E-state index contributed by atoms with van der Waals surface area (Å²) >= 11 is 6.28. The summed E-state index contributed by atoms with van der Waals surface area (Å²) in [4.78, 5) is 0. The first-order valence-electron chi connectivity index (χ1n) is 7.23. The topological polar surface area (TPSA) is 25.2 Å². The van der Waals surface area contributed by atoms with Crippen LogP contribution in [0.25, 0.3) is 0 Å². The zero-order valence-electron chi connectivity index (χ0n) is 12.4. The van der Waals surface area contributed by atoms with E-state index in [1.54, 1.807) is 6.26 Å². The lowest BCUT2D eigenvalue weighted by Gasteiger charge is -2.20. The SMILES string of the molecule is CCCNC(c1ccc(C)c(Cl)c1)c1ccoc1CC. The zero-order chi connectivity index (χ0) is 14.5. The Labute approximate surface area is 126 Å². The first-order chi connectivity index (χ1) is 9.67. The van der Waals surface area contributed by atoms with Gasteiger partial charge in [-0.15, -0.1) is 0 Å². The van der Waals surface area contributed by atoms with Gasteiger partial charge in [0, 0.05) is 17.0 Å². The van der Waals surface area contributed by atoms with Crippen molar-refractivity contribution < 1.29 is 4.42 Å². The lowest BCUT2D eigenvalue weighted by molar-refractivity contribution is 0.500. The second-order valence-corrected chi connectivity index (χ2v) is 5.46. The van der Waals surface area contributed by atoms with Crippen molar-refractivity contribution in [3.63, 3.8) is 0 Å². The van der Waals surface area contributed by atoms with Crippen LogP contribution in [-0.4, -0.2) is 6.54 Å². The highest BCUT2D eigenvalue weighted by atomic mass is 35.5. The van der Waals surface area contributed by atoms with Crippen LogP contribution in [0.3, 0.4) is 0 Å². The highest BCUT2D eigenvalue weighted by Crippen LogP contribution is 2.29. The largest absolute Gasteiger partial charge is 0.469 e. The van der Waals surface area contributed by atoms with Gasteiger partial charge in [0.05, 0.1) is 12.3 Å². The van der Waals surface area contributed by atoms with E-state index < -0.39 is 0 Å². The molecule has 108 valence electrons. The third-order valence-corrected chi connectivity index (χ3v) is 3.95. The van der Waals surface area contributed by atoms with Crippen LogP contribution < -0.4 is 5.32 Å². The molecule has 0 saturated carbocycles. The molecule has 2 nitrogen and oxygen atoms in total. The van der Waals surface area contributed by atoms with Gasteiger partial charge in [0.1, 0.15) is 5.76 Å². The third-order valence-electron chi connectivity index (χ3n) is 3.54. The molecule has 1 unspecified atom stereocenters. The molecular formula is C17H22ClNO. The van der Waals surface area contributed by atoms with Crippen LogP contribution in [0.4, 0.5) is 0 Å². The van der Waals surface area contributed by atoms with Crippen molar-refractivity contribution in [1.82, 2.24) is 5.32 Å². The Morgan fingerprint density at radius 3 is 2.70 bits per heavy atom. The normalized spacial score (nSPS) is 12.6. The van der Waals surface area contributed by atoms with Crippen LogP contribution in [-0.2, 0) is 6.42 Å². The molecule has 20 heavy (non-hydrogen) atoms. The number of aryl methyl sites for hydroxylation is 2. The molecule has 1 aromatic carbocycles. The average Bonchev–Trinajstić information content (AvgIpc) is 2.91. The summed E-state index contributed by atoms with van der Waals surface area (Å²) < 4.78 is 5.58. The fraction of sp³-hybridized carbons (Fsp3) is 0.412. The molecule has 1 aromatic heterocycles. The van der Waals surface area contributed by atoms with Gasteiger partial charge in [-0.25, -0.2) is 0 Å². The second-order valence-electron chi connectivity index (χ2n) is 5.05. The van der Waals surface area contributed by atoms with Gasteiger partial charge in [0.15, 0.2) is 0 Å². The van der Waals surface area contributed by atoms with E-state index in [0.717, 1.165) is 35.7 Å². The molecule has 0 aliphatic carbocycles. The third kappa shape index (κ3) is 3.25. The zero-order valence-corrected chi connectivity index (χ0v) is 13.1. The van der Waals surface area contributed by atoms with Gasteiger partial charge in [0.25, 0.3) is 0 Å². The molecule has 0 fully saturated rings. The van der Waals surface area contributed by atoms with Gasteiger partial charge in [0.2, 0.25) is 0 Å². The Bertz CT molecular complexity index is 562. The minimum Gasteiger partial charge on any atom is -0.469 e. The van der Waals surface area contributed by atoms with Crippen LogP contribution in [0.15, 0.2) is 34.9 Å². The summed E-state index contributed by atoms with van der Waals surface area (Å²) in [5, 5.41) is 4.40. The first kappa shape index (κ1) is 15.1. The summed E-state index contributed by atoms with van der Waals surface area (Å²) in [7, 11) is 0. The van der Waals surface area contributed by atoms with Crippen LogP contribution >= 0.6 is 11.6 Å². The van der Waals surface area contributed by atoms with Gasteiger partial charge < -0.3 is 9.73 Å². The van der Waals surface area contributed by atoms with E-state index in [1.807, 2.05) is 6.92 Å². The van der Waals surface area contributed by atoms with Crippen LogP contribution in [0.1, 0.15) is 48.8 Å². The minimum atomic E-state index is 0.141. The second kappa shape index (κ2) is 6.96. The van der Waals surface area contributed by atoms with E-state index in [-0.39, 0.29) is 6.04 Å². The summed E-state index contributed by atoms with van der Waals surface area (Å²) in [6.45, 7) is 7.27. The Morgan fingerprint density at radius 1 is 1.25 bits per heavy atom. The Morgan fingerprint density at radius 2 is 2.05 bits per heavy atom. The van der Waals surface area contributed by atoms with E-state index in [4.69, 9.17) is 16.0 Å². The number of rotatable bonds is 6. The van der Waals surface area contributed by atoms with Crippen molar-refractivity contribution in [3.05, 3.63) is 58.0 Å². The quantitative estimate of drug-likeness (QED) is 0.819. The van der Waals surface area contributed by atoms with Gasteiger partial charge in [-0.1, -0.05) is 37.6 Å². The Hall–Kier alpha value is -1.25. The molecule has 0 radical (unpaired) electrons. The van der Waals surface area contributed by atoms with Gasteiger partial charge in [-0.05, 0) is 43.1 Å². The van der Waals surface area contributed by atoms with E-state index >= 15 is 0 Å². The van der Waals surface area contributed by atoms with Crippen molar-refractivity contribution in [2.45, 2.75) is 39.7 Å². The van der Waals surface area contributed by atoms with Crippen molar-refractivity contribution in [2.24, 2.45) is 0 Å². The average molecular weight is 292 g/mol. The van der Waals surface area contributed by atoms with Gasteiger partial charge in [-0.2, -0.15) is 0 Å². The first-order valence-corrected chi connectivity index (χ1v) is 7.60. The fourth-order valence-corrected chi connectivity index (χ4v) is 2.57. The summed E-state index contributed by atoms with van der Waals surface area (Å²) in [5.41, 5.74) is 3.50. The molecule has 1 heterocycles.